The van der Waals surface area contributed by atoms with Crippen molar-refractivity contribution in [3.05, 3.63) is 64.1 Å². The number of rotatable bonds is 9. The van der Waals surface area contributed by atoms with E-state index in [9.17, 15) is 4.79 Å². The highest BCUT2D eigenvalue weighted by molar-refractivity contribution is 7.99. The monoisotopic (exact) mass is 435 g/mol. The molecule has 6 nitrogen and oxygen atoms in total. The molecule has 0 aliphatic rings. The normalized spacial score (nSPS) is 10.6. The number of carbonyl (C=O) groups is 1. The summed E-state index contributed by atoms with van der Waals surface area (Å²) in [5.74, 6) is 1.24. The van der Waals surface area contributed by atoms with Gasteiger partial charge in [-0.15, -0.1) is 22.0 Å². The quantitative estimate of drug-likeness (QED) is 0.386. The highest BCUT2D eigenvalue weighted by atomic mass is 35.5. The number of methoxy groups -OCH3 is 1. The summed E-state index contributed by atoms with van der Waals surface area (Å²) in [6.45, 7) is 0.882. The highest BCUT2D eigenvalue weighted by Gasteiger charge is 2.14. The fourth-order valence-corrected chi connectivity index (χ4v) is 3.95. The Bertz CT molecular complexity index is 919. The van der Waals surface area contributed by atoms with E-state index in [1.54, 1.807) is 49.2 Å². The summed E-state index contributed by atoms with van der Waals surface area (Å²) in [5.41, 5.74) is 0.595. The van der Waals surface area contributed by atoms with Crippen molar-refractivity contribution in [1.29, 1.82) is 0 Å². The van der Waals surface area contributed by atoms with Crippen LogP contribution in [0.3, 0.4) is 0 Å². The predicted molar refractivity (Wildman–Crippen MR) is 113 cm³/mol. The van der Waals surface area contributed by atoms with Gasteiger partial charge >= 0.3 is 0 Å². The Hall–Kier alpha value is -2.13. The Kier molecular flexibility index (Phi) is 7.67. The number of hydrogen-bond donors (Lipinski definition) is 1. The van der Waals surface area contributed by atoms with Gasteiger partial charge in [0, 0.05) is 22.8 Å². The van der Waals surface area contributed by atoms with Crippen molar-refractivity contribution in [3.63, 3.8) is 0 Å². The van der Waals surface area contributed by atoms with Crippen molar-refractivity contribution in [3.8, 4) is 5.75 Å². The first-order chi connectivity index (χ1) is 13.7. The molecular weight excluding hydrogens is 418 g/mol. The number of hydrogen-bond acceptors (Lipinski definition) is 7. The predicted octanol–water partition coefficient (Wildman–Crippen LogP) is 4.76. The number of ether oxygens (including phenoxy) is 2. The molecule has 1 amide bonds. The van der Waals surface area contributed by atoms with E-state index in [0.717, 1.165) is 10.6 Å². The van der Waals surface area contributed by atoms with Crippen LogP contribution in [0.4, 0.5) is 5.13 Å². The second-order valence-corrected chi connectivity index (χ2v) is 8.17. The number of benzene rings is 2. The molecule has 0 atom stereocenters. The Balaban J connectivity index is 1.58. The summed E-state index contributed by atoms with van der Waals surface area (Å²) < 4.78 is 10.7. The van der Waals surface area contributed by atoms with E-state index < -0.39 is 0 Å². The van der Waals surface area contributed by atoms with E-state index in [4.69, 9.17) is 21.1 Å². The van der Waals surface area contributed by atoms with Crippen LogP contribution in [0.1, 0.15) is 15.4 Å². The summed E-state index contributed by atoms with van der Waals surface area (Å²) in [5, 5.41) is 12.6. The molecule has 9 heteroatoms. The van der Waals surface area contributed by atoms with Gasteiger partial charge in [0.1, 0.15) is 12.4 Å². The fraction of sp³-hybridized carbons (Fsp3) is 0.211. The molecule has 0 aliphatic carbocycles. The second-order valence-electron chi connectivity index (χ2n) is 5.54. The minimum Gasteiger partial charge on any atom is -0.486 e. The van der Waals surface area contributed by atoms with Crippen LogP contribution in [-0.4, -0.2) is 35.6 Å². The second kappa shape index (κ2) is 10.4. The molecule has 0 saturated heterocycles. The van der Waals surface area contributed by atoms with Gasteiger partial charge in [0.2, 0.25) is 5.13 Å². The van der Waals surface area contributed by atoms with E-state index in [0.29, 0.717) is 33.1 Å². The number of anilines is 1. The van der Waals surface area contributed by atoms with Crippen molar-refractivity contribution in [2.75, 3.05) is 24.8 Å². The number of carbonyl (C=O) groups excluding carboxylic acids is 1. The third-order valence-electron chi connectivity index (χ3n) is 3.54. The van der Waals surface area contributed by atoms with Crippen LogP contribution >= 0.6 is 34.7 Å². The van der Waals surface area contributed by atoms with E-state index in [1.165, 1.54) is 11.3 Å². The van der Waals surface area contributed by atoms with Crippen LogP contribution in [-0.2, 0) is 11.3 Å². The first-order valence-electron chi connectivity index (χ1n) is 8.38. The van der Waals surface area contributed by atoms with Gasteiger partial charge in [-0.2, -0.15) is 0 Å². The smallest absolute Gasteiger partial charge is 0.258 e. The SMILES string of the molecule is COCCSc1ccccc1C(=O)Nc1nnc(COc2ccc(Cl)cc2)s1. The molecule has 1 heterocycles. The lowest BCUT2D eigenvalue weighted by atomic mass is 10.2. The average molecular weight is 436 g/mol. The maximum Gasteiger partial charge on any atom is 0.258 e. The highest BCUT2D eigenvalue weighted by Crippen LogP contribution is 2.25. The van der Waals surface area contributed by atoms with Crippen LogP contribution in [0.15, 0.2) is 53.4 Å². The van der Waals surface area contributed by atoms with Crippen LogP contribution in [0.25, 0.3) is 0 Å². The van der Waals surface area contributed by atoms with Gasteiger partial charge in [-0.25, -0.2) is 0 Å². The molecule has 0 aliphatic heterocycles. The zero-order chi connectivity index (χ0) is 19.8. The third-order valence-corrected chi connectivity index (χ3v) is 5.64. The minimum absolute atomic E-state index is 0.221. The van der Waals surface area contributed by atoms with E-state index >= 15 is 0 Å². The Morgan fingerprint density at radius 1 is 1.18 bits per heavy atom. The van der Waals surface area contributed by atoms with Crippen LogP contribution < -0.4 is 10.1 Å². The largest absolute Gasteiger partial charge is 0.486 e. The summed E-state index contributed by atoms with van der Waals surface area (Å²) in [4.78, 5) is 13.5. The van der Waals surface area contributed by atoms with Crippen molar-refractivity contribution in [1.82, 2.24) is 10.2 Å². The van der Waals surface area contributed by atoms with Crippen LogP contribution in [0.5, 0.6) is 5.75 Å². The lowest BCUT2D eigenvalue weighted by Gasteiger charge is -2.08. The number of nitrogens with one attached hydrogen (secondary N) is 1. The maximum atomic E-state index is 12.6. The minimum atomic E-state index is -0.221. The first-order valence-corrected chi connectivity index (χ1v) is 10.6. The van der Waals surface area contributed by atoms with Crippen LogP contribution in [0.2, 0.25) is 5.02 Å². The summed E-state index contributed by atoms with van der Waals surface area (Å²) >= 11 is 8.70. The molecule has 0 saturated carbocycles. The first kappa shape index (κ1) is 20.6. The van der Waals surface area contributed by atoms with Crippen LogP contribution in [0, 0.1) is 0 Å². The standard InChI is InChI=1S/C19H18ClN3O3S2/c1-25-10-11-27-16-5-3-2-4-15(16)18(24)21-19-23-22-17(28-19)12-26-14-8-6-13(20)7-9-14/h2-9H,10-12H2,1H3,(H,21,23,24). The molecule has 2 aromatic carbocycles. The van der Waals surface area contributed by atoms with Crippen molar-refractivity contribution in [2.24, 2.45) is 0 Å². The van der Waals surface area contributed by atoms with Gasteiger partial charge < -0.3 is 9.47 Å². The van der Waals surface area contributed by atoms with Gasteiger partial charge in [0.15, 0.2) is 5.01 Å². The van der Waals surface area contributed by atoms with Crippen molar-refractivity contribution >= 4 is 45.7 Å². The molecule has 0 unspecified atom stereocenters. The molecule has 3 aromatic rings. The molecule has 0 fully saturated rings. The Morgan fingerprint density at radius 3 is 2.75 bits per heavy atom. The zero-order valence-electron chi connectivity index (χ0n) is 15.1. The number of nitrogens with zero attached hydrogens (tertiary/aromatic N) is 2. The summed E-state index contributed by atoms with van der Waals surface area (Å²) in [6, 6.07) is 14.5. The topological polar surface area (TPSA) is 73.3 Å². The van der Waals surface area contributed by atoms with Gasteiger partial charge in [0.25, 0.3) is 5.91 Å². The van der Waals surface area contributed by atoms with E-state index in [-0.39, 0.29) is 12.5 Å². The number of halogens is 1. The van der Waals surface area contributed by atoms with Gasteiger partial charge in [0.05, 0.1) is 12.2 Å². The Morgan fingerprint density at radius 2 is 1.96 bits per heavy atom. The Labute approximate surface area is 176 Å². The average Bonchev–Trinajstić information content (AvgIpc) is 3.15. The number of amides is 1. The molecule has 1 N–H and O–H groups in total. The summed E-state index contributed by atoms with van der Waals surface area (Å²) in [6.07, 6.45) is 0. The molecule has 3 rings (SSSR count). The number of thioether (sulfide) groups is 1. The van der Waals surface area contributed by atoms with Gasteiger partial charge in [-0.05, 0) is 36.4 Å². The lowest BCUT2D eigenvalue weighted by molar-refractivity contribution is 0.102. The van der Waals surface area contributed by atoms with Gasteiger partial charge in [-0.1, -0.05) is 35.1 Å². The van der Waals surface area contributed by atoms with Gasteiger partial charge in [-0.3, -0.25) is 10.1 Å². The molecule has 0 radical (unpaired) electrons. The molecule has 0 spiro atoms. The molecule has 28 heavy (non-hydrogen) atoms. The molecular formula is C19H18ClN3O3S2. The zero-order valence-corrected chi connectivity index (χ0v) is 17.4. The molecule has 0 bridgehead atoms. The lowest BCUT2D eigenvalue weighted by Crippen LogP contribution is -2.13. The van der Waals surface area contributed by atoms with Crippen molar-refractivity contribution in [2.45, 2.75) is 11.5 Å². The molecule has 1 aromatic heterocycles. The van der Waals surface area contributed by atoms with E-state index in [2.05, 4.69) is 15.5 Å². The summed E-state index contributed by atoms with van der Waals surface area (Å²) in [7, 11) is 1.66. The van der Waals surface area contributed by atoms with Crippen molar-refractivity contribution < 1.29 is 14.3 Å². The molecule has 146 valence electrons. The fourth-order valence-electron chi connectivity index (χ4n) is 2.22. The maximum absolute atomic E-state index is 12.6. The number of aromatic nitrogens is 2. The van der Waals surface area contributed by atoms with E-state index in [1.807, 2.05) is 18.2 Å². The third kappa shape index (κ3) is 5.93.